The number of hydrogen-bond donors (Lipinski definition) is 2. The van der Waals surface area contributed by atoms with Gasteiger partial charge < -0.3 is 20.3 Å². The Morgan fingerprint density at radius 3 is 2.96 bits per heavy atom. The van der Waals surface area contributed by atoms with E-state index in [9.17, 15) is 8.78 Å². The van der Waals surface area contributed by atoms with E-state index < -0.39 is 6.61 Å². The van der Waals surface area contributed by atoms with Gasteiger partial charge in [0.15, 0.2) is 5.96 Å². The van der Waals surface area contributed by atoms with Crippen molar-refractivity contribution in [2.24, 2.45) is 4.99 Å². The maximum atomic E-state index is 12.6. The van der Waals surface area contributed by atoms with Crippen LogP contribution >= 0.6 is 11.8 Å². The van der Waals surface area contributed by atoms with Gasteiger partial charge >= 0.3 is 6.61 Å². The van der Waals surface area contributed by atoms with E-state index in [2.05, 4.69) is 31.5 Å². The number of nitrogens with one attached hydrogen (secondary N) is 2. The number of para-hydroxylation sites is 2. The van der Waals surface area contributed by atoms with Crippen LogP contribution in [0.15, 0.2) is 29.3 Å². The third-order valence-corrected chi connectivity index (χ3v) is 4.39. The van der Waals surface area contributed by atoms with Crippen LogP contribution in [0.1, 0.15) is 6.42 Å². The van der Waals surface area contributed by atoms with Crippen LogP contribution in [-0.4, -0.2) is 57.3 Å². The Balaban J connectivity index is 1.93. The van der Waals surface area contributed by atoms with E-state index >= 15 is 0 Å². The molecule has 8 heteroatoms. The molecule has 0 radical (unpaired) electrons. The summed E-state index contributed by atoms with van der Waals surface area (Å²) in [5.41, 5.74) is 0.701. The highest BCUT2D eigenvalue weighted by Gasteiger charge is 2.25. The molecule has 0 amide bonds. The first-order chi connectivity index (χ1) is 11.6. The summed E-state index contributed by atoms with van der Waals surface area (Å²) in [6.45, 7) is -0.472. The molecule has 0 bridgehead atoms. The van der Waals surface area contributed by atoms with E-state index in [-0.39, 0.29) is 11.8 Å². The van der Waals surface area contributed by atoms with Crippen molar-refractivity contribution >= 4 is 23.4 Å². The lowest BCUT2D eigenvalue weighted by molar-refractivity contribution is -0.0495. The fourth-order valence-electron chi connectivity index (χ4n) is 2.67. The Morgan fingerprint density at radius 2 is 2.25 bits per heavy atom. The molecule has 1 aromatic rings. The molecule has 24 heavy (non-hydrogen) atoms. The molecule has 1 unspecified atom stereocenters. The summed E-state index contributed by atoms with van der Waals surface area (Å²) in [5.74, 6) is 2.00. The minimum absolute atomic E-state index is 0.213. The first-order valence-corrected chi connectivity index (χ1v) is 9.28. The Labute approximate surface area is 145 Å². The number of thioether (sulfide) groups is 1. The Kier molecular flexibility index (Phi) is 7.42. The van der Waals surface area contributed by atoms with Crippen LogP contribution in [-0.2, 0) is 0 Å². The fraction of sp³-hybridized carbons (Fsp3) is 0.562. The predicted octanol–water partition coefficient (Wildman–Crippen LogP) is 2.39. The highest BCUT2D eigenvalue weighted by molar-refractivity contribution is 7.98. The van der Waals surface area contributed by atoms with Crippen molar-refractivity contribution in [1.82, 2.24) is 10.6 Å². The standard InChI is InChI=1S/C16H24F2N4OS/c1-19-16(20-8-10-24-2)21-12-7-9-22(11-12)13-5-3-4-6-14(13)23-15(17)18/h3-6,12,15H,7-11H2,1-2H3,(H2,19,20,21). The molecular weight excluding hydrogens is 334 g/mol. The second kappa shape index (κ2) is 9.56. The molecule has 1 heterocycles. The topological polar surface area (TPSA) is 48.9 Å². The van der Waals surface area contributed by atoms with Crippen molar-refractivity contribution in [3.8, 4) is 5.75 Å². The Bertz CT molecular complexity index is 545. The molecule has 2 N–H and O–H groups in total. The van der Waals surface area contributed by atoms with Gasteiger partial charge in [-0.15, -0.1) is 0 Å². The van der Waals surface area contributed by atoms with Gasteiger partial charge in [-0.05, 0) is 24.8 Å². The third-order valence-electron chi connectivity index (χ3n) is 3.77. The molecule has 1 aliphatic heterocycles. The maximum absolute atomic E-state index is 12.6. The zero-order chi connectivity index (χ0) is 17.4. The van der Waals surface area contributed by atoms with E-state index in [1.807, 2.05) is 12.1 Å². The number of ether oxygens (including phenoxy) is 1. The van der Waals surface area contributed by atoms with Crippen LogP contribution in [0.4, 0.5) is 14.5 Å². The molecule has 1 aromatic carbocycles. The number of hydrogen-bond acceptors (Lipinski definition) is 4. The molecule has 2 rings (SSSR count). The lowest BCUT2D eigenvalue weighted by Gasteiger charge is -2.22. The minimum atomic E-state index is -2.82. The smallest absolute Gasteiger partial charge is 0.387 e. The van der Waals surface area contributed by atoms with Crippen molar-refractivity contribution in [1.29, 1.82) is 0 Å². The Morgan fingerprint density at radius 1 is 1.46 bits per heavy atom. The summed E-state index contributed by atoms with van der Waals surface area (Å²) >= 11 is 1.77. The van der Waals surface area contributed by atoms with E-state index in [4.69, 9.17) is 0 Å². The molecule has 1 aliphatic rings. The zero-order valence-electron chi connectivity index (χ0n) is 14.0. The minimum Gasteiger partial charge on any atom is -0.433 e. The SMILES string of the molecule is CN=C(NCCSC)NC1CCN(c2ccccc2OC(F)F)C1. The van der Waals surface area contributed by atoms with Gasteiger partial charge in [-0.2, -0.15) is 20.5 Å². The second-order valence-corrected chi connectivity index (χ2v) is 6.40. The van der Waals surface area contributed by atoms with Gasteiger partial charge in [0, 0.05) is 38.5 Å². The number of halogens is 2. The average molecular weight is 358 g/mol. The normalized spacial score (nSPS) is 18.1. The van der Waals surface area contributed by atoms with Gasteiger partial charge in [0.1, 0.15) is 5.75 Å². The fourth-order valence-corrected chi connectivity index (χ4v) is 2.98. The highest BCUT2D eigenvalue weighted by atomic mass is 32.2. The number of alkyl halides is 2. The van der Waals surface area contributed by atoms with Gasteiger partial charge in [0.25, 0.3) is 0 Å². The van der Waals surface area contributed by atoms with Crippen molar-refractivity contribution < 1.29 is 13.5 Å². The van der Waals surface area contributed by atoms with E-state index in [1.165, 1.54) is 0 Å². The molecule has 0 saturated carbocycles. The maximum Gasteiger partial charge on any atom is 0.387 e. The molecule has 5 nitrogen and oxygen atoms in total. The van der Waals surface area contributed by atoms with Crippen molar-refractivity contribution in [2.45, 2.75) is 19.1 Å². The summed E-state index contributed by atoms with van der Waals surface area (Å²) < 4.78 is 29.7. The van der Waals surface area contributed by atoms with Crippen LogP contribution < -0.4 is 20.3 Å². The zero-order valence-corrected chi connectivity index (χ0v) is 14.8. The van der Waals surface area contributed by atoms with Crippen molar-refractivity contribution in [3.05, 3.63) is 24.3 Å². The predicted molar refractivity (Wildman–Crippen MR) is 96.6 cm³/mol. The van der Waals surface area contributed by atoms with Crippen LogP contribution in [0.3, 0.4) is 0 Å². The summed E-state index contributed by atoms with van der Waals surface area (Å²) in [4.78, 5) is 6.28. The van der Waals surface area contributed by atoms with Crippen LogP contribution in [0.25, 0.3) is 0 Å². The second-order valence-electron chi connectivity index (χ2n) is 5.41. The average Bonchev–Trinajstić information content (AvgIpc) is 3.02. The lowest BCUT2D eigenvalue weighted by atomic mass is 10.2. The summed E-state index contributed by atoms with van der Waals surface area (Å²) in [6.07, 6.45) is 2.97. The van der Waals surface area contributed by atoms with Crippen LogP contribution in [0, 0.1) is 0 Å². The number of guanidine groups is 1. The molecule has 0 aliphatic carbocycles. The number of rotatable bonds is 7. The number of anilines is 1. The summed E-state index contributed by atoms with van der Waals surface area (Å²) in [6, 6.07) is 7.13. The van der Waals surface area contributed by atoms with Crippen molar-refractivity contribution in [3.63, 3.8) is 0 Å². The lowest BCUT2D eigenvalue weighted by Crippen LogP contribution is -2.45. The number of benzene rings is 1. The Hall–Kier alpha value is -1.70. The van der Waals surface area contributed by atoms with Crippen LogP contribution in [0.5, 0.6) is 5.75 Å². The monoisotopic (exact) mass is 358 g/mol. The van der Waals surface area contributed by atoms with E-state index in [1.54, 1.807) is 30.9 Å². The van der Waals surface area contributed by atoms with Gasteiger partial charge in [0.2, 0.25) is 0 Å². The van der Waals surface area contributed by atoms with Gasteiger partial charge in [-0.1, -0.05) is 12.1 Å². The molecule has 1 fully saturated rings. The molecule has 0 aromatic heterocycles. The number of aliphatic imine (C=N–C) groups is 1. The van der Waals surface area contributed by atoms with Gasteiger partial charge in [0.05, 0.1) is 5.69 Å². The molecule has 0 spiro atoms. The van der Waals surface area contributed by atoms with Gasteiger partial charge in [-0.25, -0.2) is 0 Å². The van der Waals surface area contributed by atoms with E-state index in [0.717, 1.165) is 31.2 Å². The van der Waals surface area contributed by atoms with Crippen LogP contribution in [0.2, 0.25) is 0 Å². The molecule has 1 atom stereocenters. The van der Waals surface area contributed by atoms with E-state index in [0.29, 0.717) is 12.2 Å². The number of nitrogens with zero attached hydrogens (tertiary/aromatic N) is 2. The molecule has 1 saturated heterocycles. The summed E-state index contributed by atoms with van der Waals surface area (Å²) in [5, 5.41) is 6.65. The summed E-state index contributed by atoms with van der Waals surface area (Å²) in [7, 11) is 1.74. The molecular formula is C16H24F2N4OS. The molecule has 134 valence electrons. The third kappa shape index (κ3) is 5.43. The first kappa shape index (κ1) is 18.6. The quantitative estimate of drug-likeness (QED) is 0.445. The van der Waals surface area contributed by atoms with Gasteiger partial charge in [-0.3, -0.25) is 4.99 Å². The highest BCUT2D eigenvalue weighted by Crippen LogP contribution is 2.31. The first-order valence-electron chi connectivity index (χ1n) is 7.89. The van der Waals surface area contributed by atoms with Crippen molar-refractivity contribution in [2.75, 3.05) is 43.6 Å². The largest absolute Gasteiger partial charge is 0.433 e.